The maximum absolute atomic E-state index is 12.7. The molecule has 0 atom stereocenters. The van der Waals surface area contributed by atoms with Crippen molar-refractivity contribution in [3.63, 3.8) is 0 Å². The Hall–Kier alpha value is -1.34. The van der Waals surface area contributed by atoms with Crippen molar-refractivity contribution in [2.24, 2.45) is 5.73 Å². The molecule has 0 bridgehead atoms. The summed E-state index contributed by atoms with van der Waals surface area (Å²) in [4.78, 5) is 27.1. The Morgan fingerprint density at radius 3 is 1.29 bits per heavy atom. The van der Waals surface area contributed by atoms with Crippen LogP contribution >= 0.6 is 0 Å². The van der Waals surface area contributed by atoms with E-state index < -0.39 is 6.16 Å². The van der Waals surface area contributed by atoms with Crippen molar-refractivity contribution in [2.45, 2.75) is 232 Å². The molecular weight excluding hydrogens is 636 g/mol. The molecule has 51 heavy (non-hydrogen) atoms. The van der Waals surface area contributed by atoms with Crippen LogP contribution in [0.25, 0.3) is 0 Å². The average Bonchev–Trinajstić information content (AvgIpc) is 3.13. The number of nitrogens with two attached hydrogens (primary N) is 1. The molecule has 0 saturated carbocycles. The van der Waals surface area contributed by atoms with Gasteiger partial charge in [-0.25, -0.2) is 4.79 Å². The minimum atomic E-state index is -0.514. The van der Waals surface area contributed by atoms with E-state index in [1.807, 2.05) is 0 Å². The summed E-state index contributed by atoms with van der Waals surface area (Å²) in [5.41, 5.74) is 5.82. The van der Waals surface area contributed by atoms with Gasteiger partial charge >= 0.3 is 12.1 Å². The molecule has 7 nitrogen and oxygen atoms in total. The lowest BCUT2D eigenvalue weighted by atomic mass is 10.0. The third-order valence-electron chi connectivity index (χ3n) is 10.1. The molecule has 0 aromatic rings. The molecule has 2 N–H and O–H groups in total. The van der Waals surface area contributed by atoms with E-state index in [0.29, 0.717) is 19.6 Å². The third-order valence-corrected chi connectivity index (χ3v) is 10.1. The summed E-state index contributed by atoms with van der Waals surface area (Å²) in [6.45, 7) is 11.7. The van der Waals surface area contributed by atoms with Gasteiger partial charge in [0.25, 0.3) is 0 Å². The third kappa shape index (κ3) is 38.2. The topological polar surface area (TPSA) is 91.1 Å². The summed E-state index contributed by atoms with van der Waals surface area (Å²) < 4.78 is 16.5. The quantitative estimate of drug-likeness (QED) is 0.0496. The van der Waals surface area contributed by atoms with E-state index in [2.05, 4.69) is 25.7 Å². The Morgan fingerprint density at radius 1 is 0.471 bits per heavy atom. The second kappa shape index (κ2) is 41.4. The highest BCUT2D eigenvalue weighted by molar-refractivity contribution is 5.69. The first-order valence-electron chi connectivity index (χ1n) is 22.5. The number of nitrogens with zero attached hydrogens (tertiary/aromatic N) is 1. The van der Waals surface area contributed by atoms with E-state index in [1.165, 1.54) is 128 Å². The molecule has 0 unspecified atom stereocenters. The van der Waals surface area contributed by atoms with Crippen molar-refractivity contribution in [1.82, 2.24) is 4.90 Å². The van der Waals surface area contributed by atoms with Crippen LogP contribution in [-0.2, 0) is 19.0 Å². The first-order chi connectivity index (χ1) is 25.1. The first kappa shape index (κ1) is 49.7. The number of carbonyl (C=O) groups is 2. The van der Waals surface area contributed by atoms with Crippen LogP contribution in [0.1, 0.15) is 226 Å². The molecule has 0 saturated heterocycles. The van der Waals surface area contributed by atoms with Crippen molar-refractivity contribution in [1.29, 1.82) is 0 Å². The fraction of sp³-hybridized carbons (Fsp3) is 0.955. The Bertz CT molecular complexity index is 706. The van der Waals surface area contributed by atoms with Crippen molar-refractivity contribution < 1.29 is 23.8 Å². The molecule has 0 heterocycles. The smallest absolute Gasteiger partial charge is 0.462 e. The normalized spacial score (nSPS) is 11.5. The van der Waals surface area contributed by atoms with E-state index >= 15 is 0 Å². The maximum atomic E-state index is 12.7. The molecule has 0 aliphatic carbocycles. The predicted octanol–water partition coefficient (Wildman–Crippen LogP) is 12.9. The molecule has 7 heteroatoms. The fourth-order valence-corrected chi connectivity index (χ4v) is 6.80. The predicted molar refractivity (Wildman–Crippen MR) is 217 cm³/mol. The number of hydrogen-bond acceptors (Lipinski definition) is 7. The lowest BCUT2D eigenvalue weighted by Crippen LogP contribution is -2.28. The van der Waals surface area contributed by atoms with Gasteiger partial charge in [0, 0.05) is 6.42 Å². The van der Waals surface area contributed by atoms with E-state index in [0.717, 1.165) is 96.8 Å². The van der Waals surface area contributed by atoms with Crippen molar-refractivity contribution in [2.75, 3.05) is 39.4 Å². The van der Waals surface area contributed by atoms with Gasteiger partial charge in [-0.1, -0.05) is 156 Å². The van der Waals surface area contributed by atoms with Crippen molar-refractivity contribution >= 4 is 12.1 Å². The molecular formula is C44H88N2O5. The summed E-state index contributed by atoms with van der Waals surface area (Å²) in [5.74, 6) is 0.0234. The van der Waals surface area contributed by atoms with Gasteiger partial charge in [-0.15, -0.1) is 0 Å². The van der Waals surface area contributed by atoms with Gasteiger partial charge < -0.3 is 24.8 Å². The second-order valence-electron chi connectivity index (χ2n) is 15.2. The van der Waals surface area contributed by atoms with Crippen LogP contribution in [0.3, 0.4) is 0 Å². The molecule has 0 aliphatic rings. The molecule has 0 amide bonds. The van der Waals surface area contributed by atoms with Gasteiger partial charge in [0.15, 0.2) is 0 Å². The number of unbranched alkanes of at least 4 members (excludes halogenated alkanes) is 23. The van der Waals surface area contributed by atoms with Crippen LogP contribution in [-0.4, -0.2) is 62.5 Å². The van der Waals surface area contributed by atoms with Crippen LogP contribution in [0, 0.1) is 0 Å². The SMILES string of the molecule is CCCCCCCCCOC(=O)OCCCCCCN(CCCN)CCCCCCCC(=O)OC(CCCCCCCC)CCCCCCCC. The summed E-state index contributed by atoms with van der Waals surface area (Å²) >= 11 is 0. The lowest BCUT2D eigenvalue weighted by Gasteiger charge is -2.22. The molecule has 0 aromatic carbocycles. The van der Waals surface area contributed by atoms with Gasteiger partial charge in [0.1, 0.15) is 6.10 Å². The van der Waals surface area contributed by atoms with E-state index in [9.17, 15) is 9.59 Å². The van der Waals surface area contributed by atoms with Gasteiger partial charge in [-0.2, -0.15) is 0 Å². The average molecular weight is 725 g/mol. The van der Waals surface area contributed by atoms with Gasteiger partial charge in [0.2, 0.25) is 0 Å². The Kier molecular flexibility index (Phi) is 40.3. The van der Waals surface area contributed by atoms with Crippen molar-refractivity contribution in [3.05, 3.63) is 0 Å². The number of ether oxygens (including phenoxy) is 3. The van der Waals surface area contributed by atoms with Crippen LogP contribution in [0.5, 0.6) is 0 Å². The minimum absolute atomic E-state index is 0.0234. The molecule has 0 spiro atoms. The zero-order valence-electron chi connectivity index (χ0n) is 34.5. The van der Waals surface area contributed by atoms with Crippen LogP contribution in [0.4, 0.5) is 4.79 Å². The summed E-state index contributed by atoms with van der Waals surface area (Å²) in [7, 11) is 0. The Morgan fingerprint density at radius 2 is 0.843 bits per heavy atom. The molecule has 0 aliphatic heterocycles. The van der Waals surface area contributed by atoms with Crippen LogP contribution in [0.15, 0.2) is 0 Å². The standard InChI is InChI=1S/C44H88N2O5/c1-4-7-10-13-16-23-30-40-49-44(48)50-41-31-24-22-29-38-46(39-32-36-45)37-28-21-17-20-27-35-43(47)51-42(33-25-18-14-11-8-5-2)34-26-19-15-12-9-6-3/h42H,4-41,45H2,1-3H3. The zero-order chi connectivity index (χ0) is 37.3. The summed E-state index contributed by atoms with van der Waals surface area (Å²) in [6.07, 6.45) is 37.1. The second-order valence-corrected chi connectivity index (χ2v) is 15.2. The number of esters is 1. The van der Waals surface area contributed by atoms with Gasteiger partial charge in [-0.05, 0) is 90.4 Å². The van der Waals surface area contributed by atoms with Crippen LogP contribution < -0.4 is 5.73 Å². The van der Waals surface area contributed by atoms with E-state index in [4.69, 9.17) is 19.9 Å². The van der Waals surface area contributed by atoms with Gasteiger partial charge in [-0.3, -0.25) is 4.79 Å². The molecule has 0 fully saturated rings. The highest BCUT2D eigenvalue weighted by Crippen LogP contribution is 2.18. The first-order valence-corrected chi connectivity index (χ1v) is 22.5. The Balaban J connectivity index is 4.02. The maximum Gasteiger partial charge on any atom is 0.508 e. The number of rotatable bonds is 41. The fourth-order valence-electron chi connectivity index (χ4n) is 6.80. The van der Waals surface area contributed by atoms with Crippen molar-refractivity contribution in [3.8, 4) is 0 Å². The summed E-state index contributed by atoms with van der Waals surface area (Å²) in [5, 5.41) is 0. The van der Waals surface area contributed by atoms with E-state index in [1.54, 1.807) is 0 Å². The largest absolute Gasteiger partial charge is 0.508 e. The minimum Gasteiger partial charge on any atom is -0.462 e. The monoisotopic (exact) mass is 725 g/mol. The molecule has 0 radical (unpaired) electrons. The van der Waals surface area contributed by atoms with E-state index in [-0.39, 0.29) is 12.1 Å². The Labute approximate surface area is 317 Å². The molecule has 0 rings (SSSR count). The summed E-state index contributed by atoms with van der Waals surface area (Å²) in [6, 6.07) is 0. The van der Waals surface area contributed by atoms with Gasteiger partial charge in [0.05, 0.1) is 13.2 Å². The highest BCUT2D eigenvalue weighted by atomic mass is 16.7. The highest BCUT2D eigenvalue weighted by Gasteiger charge is 2.14. The number of hydrogen-bond donors (Lipinski definition) is 1. The molecule has 0 aromatic heterocycles. The lowest BCUT2D eigenvalue weighted by molar-refractivity contribution is -0.150. The molecule has 304 valence electrons. The zero-order valence-corrected chi connectivity index (χ0v) is 34.5. The number of carbonyl (C=O) groups excluding carboxylic acids is 2. The van der Waals surface area contributed by atoms with Crippen LogP contribution in [0.2, 0.25) is 0 Å².